The van der Waals surface area contributed by atoms with Gasteiger partial charge in [-0.25, -0.2) is 15.0 Å². The highest BCUT2D eigenvalue weighted by Crippen LogP contribution is 2.45. The third-order valence-electron chi connectivity index (χ3n) is 11.9. The van der Waals surface area contributed by atoms with E-state index in [0.717, 1.165) is 97.5 Å². The second-order valence-electron chi connectivity index (χ2n) is 15.6. The first kappa shape index (κ1) is 35.4. The molecule has 7 nitrogen and oxygen atoms in total. The number of rotatable bonds is 6. The van der Waals surface area contributed by atoms with Gasteiger partial charge in [-0.05, 0) is 47.5 Å². The maximum atomic E-state index is 6.44. The smallest absolute Gasteiger partial charge is 0.238 e. The predicted molar refractivity (Wildman–Crippen MR) is 257 cm³/mol. The summed E-state index contributed by atoms with van der Waals surface area (Å²) in [5, 5.41) is 5.41. The van der Waals surface area contributed by atoms with Gasteiger partial charge in [-0.1, -0.05) is 158 Å². The van der Waals surface area contributed by atoms with Gasteiger partial charge in [0.15, 0.2) is 23.1 Å². The normalized spacial score (nSPS) is 11.8. The van der Waals surface area contributed by atoms with E-state index in [2.05, 4.69) is 144 Å². The minimum absolute atomic E-state index is 0.552. The first-order chi connectivity index (χ1) is 31.2. The Morgan fingerprint density at radius 2 is 1.00 bits per heavy atom. The highest BCUT2D eigenvalue weighted by molar-refractivity contribution is 7.26. The van der Waals surface area contributed by atoms with Gasteiger partial charge in [0.1, 0.15) is 16.8 Å². The molecule has 8 aromatic carbocycles. The third kappa shape index (κ3) is 5.62. The quantitative estimate of drug-likeness (QED) is 0.166. The average molecular weight is 825 g/mol. The van der Waals surface area contributed by atoms with Gasteiger partial charge in [0.25, 0.3) is 0 Å². The van der Waals surface area contributed by atoms with Crippen molar-refractivity contribution in [3.63, 3.8) is 0 Å². The van der Waals surface area contributed by atoms with Crippen molar-refractivity contribution in [2.24, 2.45) is 0 Å². The zero-order chi connectivity index (χ0) is 41.4. The Balaban J connectivity index is 1.05. The van der Waals surface area contributed by atoms with E-state index in [-0.39, 0.29) is 0 Å². The topological polar surface area (TPSA) is 82.5 Å². The molecule has 0 aliphatic carbocycles. The summed E-state index contributed by atoms with van der Waals surface area (Å²) in [6.07, 6.45) is 0. The fraction of sp³-hybridized carbons (Fsp3) is 0. The van der Waals surface area contributed by atoms with Crippen molar-refractivity contribution >= 4 is 75.4 Å². The summed E-state index contributed by atoms with van der Waals surface area (Å²) in [6, 6.07) is 66.8. The fourth-order valence-corrected chi connectivity index (χ4v) is 10.3. The maximum Gasteiger partial charge on any atom is 0.238 e. The van der Waals surface area contributed by atoms with Crippen LogP contribution in [0.2, 0.25) is 0 Å². The lowest BCUT2D eigenvalue weighted by atomic mass is 9.99. The molecule has 0 aliphatic heterocycles. The Labute approximate surface area is 364 Å². The Kier molecular flexibility index (Phi) is 7.94. The summed E-state index contributed by atoms with van der Waals surface area (Å²) in [7, 11) is 0. The Hall–Kier alpha value is -8.33. The molecule has 0 atom stereocenters. The molecule has 0 unspecified atom stereocenters. The molecule has 294 valence electrons. The van der Waals surface area contributed by atoms with Gasteiger partial charge in [-0.2, -0.15) is 9.97 Å². The van der Waals surface area contributed by atoms with E-state index in [1.807, 2.05) is 54.6 Å². The number of fused-ring (bicyclic) bond motifs is 9. The third-order valence-corrected chi connectivity index (χ3v) is 13.1. The van der Waals surface area contributed by atoms with E-state index >= 15 is 0 Å². The van der Waals surface area contributed by atoms with Crippen molar-refractivity contribution in [1.29, 1.82) is 0 Å². The molecule has 0 saturated heterocycles. The van der Waals surface area contributed by atoms with Crippen LogP contribution in [0, 0.1) is 0 Å². The van der Waals surface area contributed by atoms with E-state index in [9.17, 15) is 0 Å². The molecule has 13 rings (SSSR count). The van der Waals surface area contributed by atoms with E-state index in [1.165, 1.54) is 0 Å². The van der Waals surface area contributed by atoms with E-state index in [4.69, 9.17) is 29.3 Å². The van der Waals surface area contributed by atoms with Crippen molar-refractivity contribution in [3.05, 3.63) is 194 Å². The highest BCUT2D eigenvalue weighted by atomic mass is 32.1. The van der Waals surface area contributed by atoms with E-state index in [0.29, 0.717) is 29.0 Å². The summed E-state index contributed by atoms with van der Waals surface area (Å²) < 4.78 is 10.8. The van der Waals surface area contributed by atoms with Crippen molar-refractivity contribution < 1.29 is 4.42 Å². The fourth-order valence-electron chi connectivity index (χ4n) is 9.11. The van der Waals surface area contributed by atoms with Gasteiger partial charge in [0.05, 0.1) is 11.0 Å². The Morgan fingerprint density at radius 3 is 1.83 bits per heavy atom. The standard InChI is InChI=1S/C55H32N6OS/c1-4-17-33(18-5-1)36-25-15-30-43-46(36)37-23-10-12-29-42(37)61(43)55-59-52(35-21-8-3-9-22-35)58-54(60-55)41-28-14-26-39-47-40(27-16-32-45(47)63-51(39)41)53-56-48(34-19-6-2-7-20-34)50-49(57-53)38-24-11-13-31-44(38)62-50/h1-32H. The Bertz CT molecular complexity index is 3910. The van der Waals surface area contributed by atoms with Crippen molar-refractivity contribution in [2.45, 2.75) is 0 Å². The van der Waals surface area contributed by atoms with Crippen LogP contribution in [0.15, 0.2) is 199 Å². The second kappa shape index (κ2) is 14.1. The molecule has 0 aliphatic rings. The van der Waals surface area contributed by atoms with Crippen LogP contribution in [-0.4, -0.2) is 29.5 Å². The van der Waals surface area contributed by atoms with Crippen LogP contribution in [0.1, 0.15) is 0 Å². The van der Waals surface area contributed by atoms with Gasteiger partial charge >= 0.3 is 0 Å². The molecule has 63 heavy (non-hydrogen) atoms. The van der Waals surface area contributed by atoms with E-state index < -0.39 is 0 Å². The largest absolute Gasteiger partial charge is 0.452 e. The summed E-state index contributed by atoms with van der Waals surface area (Å²) in [4.78, 5) is 26.4. The molecule has 0 spiro atoms. The van der Waals surface area contributed by atoms with Crippen LogP contribution in [0.4, 0.5) is 0 Å². The van der Waals surface area contributed by atoms with Gasteiger partial charge in [-0.3, -0.25) is 4.57 Å². The monoisotopic (exact) mass is 824 g/mol. The number of furan rings is 1. The molecule has 5 heterocycles. The molecule has 0 saturated carbocycles. The van der Waals surface area contributed by atoms with Crippen molar-refractivity contribution in [3.8, 4) is 62.5 Å². The first-order valence-corrected chi connectivity index (χ1v) is 21.7. The van der Waals surface area contributed by atoms with E-state index in [1.54, 1.807) is 11.3 Å². The number of nitrogens with zero attached hydrogens (tertiary/aromatic N) is 6. The number of thiophene rings is 1. The van der Waals surface area contributed by atoms with Crippen molar-refractivity contribution in [2.75, 3.05) is 0 Å². The zero-order valence-electron chi connectivity index (χ0n) is 33.5. The summed E-state index contributed by atoms with van der Waals surface area (Å²) in [5.74, 6) is 2.38. The highest BCUT2D eigenvalue weighted by Gasteiger charge is 2.24. The lowest BCUT2D eigenvalue weighted by Crippen LogP contribution is -2.06. The molecule has 13 aromatic rings. The molecule has 0 fully saturated rings. The van der Waals surface area contributed by atoms with Gasteiger partial charge < -0.3 is 4.42 Å². The SMILES string of the molecule is c1ccc(-c2nc(-c3cccc4c3sc3cccc(-c5nc(-c6ccccc6)c6oc7ccccc7c6n5)c34)nc(-n3c4ccccc4c4c(-c5ccccc5)cccc43)n2)cc1. The number of hydrogen-bond donors (Lipinski definition) is 0. The lowest BCUT2D eigenvalue weighted by molar-refractivity contribution is 0.667. The zero-order valence-corrected chi connectivity index (χ0v) is 34.3. The molecule has 8 heteroatoms. The van der Waals surface area contributed by atoms with Crippen LogP contribution >= 0.6 is 11.3 Å². The maximum absolute atomic E-state index is 6.44. The predicted octanol–water partition coefficient (Wildman–Crippen LogP) is 14.4. The number of benzene rings is 8. The van der Waals surface area contributed by atoms with Crippen LogP contribution in [0.3, 0.4) is 0 Å². The van der Waals surface area contributed by atoms with Crippen molar-refractivity contribution in [1.82, 2.24) is 29.5 Å². The van der Waals surface area contributed by atoms with Crippen LogP contribution in [-0.2, 0) is 0 Å². The van der Waals surface area contributed by atoms with Gasteiger partial charge in [-0.15, -0.1) is 11.3 Å². The molecule has 0 bridgehead atoms. The molecular formula is C55H32N6OS. The van der Waals surface area contributed by atoms with Gasteiger partial charge in [0.2, 0.25) is 5.95 Å². The van der Waals surface area contributed by atoms with Crippen LogP contribution in [0.25, 0.3) is 127 Å². The van der Waals surface area contributed by atoms with Crippen LogP contribution in [0.5, 0.6) is 0 Å². The number of para-hydroxylation sites is 2. The minimum Gasteiger partial charge on any atom is -0.452 e. The second-order valence-corrected chi connectivity index (χ2v) is 16.6. The average Bonchev–Trinajstić information content (AvgIpc) is 4.04. The van der Waals surface area contributed by atoms with Gasteiger partial charge in [0, 0.05) is 58.6 Å². The molecular weight excluding hydrogens is 793 g/mol. The first-order valence-electron chi connectivity index (χ1n) is 20.8. The molecule has 5 aromatic heterocycles. The summed E-state index contributed by atoms with van der Waals surface area (Å²) in [6.45, 7) is 0. The minimum atomic E-state index is 0.552. The molecule has 0 radical (unpaired) electrons. The lowest BCUT2D eigenvalue weighted by Gasteiger charge is -2.12. The molecule has 0 amide bonds. The number of aromatic nitrogens is 6. The van der Waals surface area contributed by atoms with Crippen LogP contribution < -0.4 is 0 Å². The summed E-state index contributed by atoms with van der Waals surface area (Å²) >= 11 is 1.73. The molecule has 0 N–H and O–H groups in total. The Morgan fingerprint density at radius 1 is 0.397 bits per heavy atom. The number of hydrogen-bond acceptors (Lipinski definition) is 7. The summed E-state index contributed by atoms with van der Waals surface area (Å²) in [5.41, 5.74) is 11.1.